The predicted molar refractivity (Wildman–Crippen MR) is 68.2 cm³/mol. The Hall–Kier alpha value is -2.49. The van der Waals surface area contributed by atoms with Gasteiger partial charge < -0.3 is 15.4 Å². The van der Waals surface area contributed by atoms with Crippen LogP contribution in [-0.4, -0.2) is 35.8 Å². The van der Waals surface area contributed by atoms with Gasteiger partial charge in [-0.05, 0) is 4.92 Å². The van der Waals surface area contributed by atoms with Gasteiger partial charge in [0.1, 0.15) is 6.20 Å². The van der Waals surface area contributed by atoms with Gasteiger partial charge in [-0.25, -0.2) is 0 Å². The Labute approximate surface area is 110 Å². The Bertz CT molecular complexity index is 701. The summed E-state index contributed by atoms with van der Waals surface area (Å²) in [4.78, 5) is 15.4. The second-order valence-corrected chi connectivity index (χ2v) is 4.56. The van der Waals surface area contributed by atoms with E-state index in [4.69, 9.17) is 0 Å². The first kappa shape index (κ1) is 11.6. The molecule has 9 nitrogen and oxygen atoms in total. The van der Waals surface area contributed by atoms with Crippen LogP contribution in [0.2, 0.25) is 0 Å². The van der Waals surface area contributed by atoms with Crippen LogP contribution in [0.25, 0.3) is 4.96 Å². The first-order valence-corrected chi connectivity index (χ1v) is 6.31. The van der Waals surface area contributed by atoms with Crippen molar-refractivity contribution in [3.63, 3.8) is 0 Å². The largest absolute Gasteiger partial charge is 0.372 e. The van der Waals surface area contributed by atoms with Gasteiger partial charge in [0.05, 0.1) is 12.7 Å². The van der Waals surface area contributed by atoms with Crippen molar-refractivity contribution in [2.75, 3.05) is 11.9 Å². The normalized spacial score (nSPS) is 10.9. The van der Waals surface area contributed by atoms with Crippen LogP contribution in [0.15, 0.2) is 24.0 Å². The zero-order valence-electron chi connectivity index (χ0n) is 9.63. The van der Waals surface area contributed by atoms with Crippen molar-refractivity contribution in [1.82, 2.24) is 24.4 Å². The molecule has 0 saturated carbocycles. The third-order valence-electron chi connectivity index (χ3n) is 2.52. The van der Waals surface area contributed by atoms with Crippen molar-refractivity contribution in [3.05, 3.63) is 34.1 Å². The van der Waals surface area contributed by atoms with Gasteiger partial charge in [-0.1, -0.05) is 16.6 Å². The molecule has 0 spiro atoms. The fraction of sp³-hybridized carbons (Fsp3) is 0.222. The number of hydrogen-bond donors (Lipinski definition) is 1. The van der Waals surface area contributed by atoms with Crippen LogP contribution in [0.5, 0.6) is 0 Å². The van der Waals surface area contributed by atoms with E-state index in [1.165, 1.54) is 15.7 Å². The first-order chi connectivity index (χ1) is 9.25. The van der Waals surface area contributed by atoms with E-state index in [1.807, 2.05) is 0 Å². The maximum absolute atomic E-state index is 11.1. The van der Waals surface area contributed by atoms with E-state index < -0.39 is 4.92 Å². The lowest BCUT2D eigenvalue weighted by molar-refractivity contribution is -0.389. The molecular weight excluding hydrogens is 270 g/mol. The molecule has 3 aromatic rings. The second-order valence-electron chi connectivity index (χ2n) is 3.69. The Kier molecular flexibility index (Phi) is 2.83. The van der Waals surface area contributed by atoms with E-state index in [9.17, 15) is 10.1 Å². The number of thiazole rings is 1. The van der Waals surface area contributed by atoms with Crippen molar-refractivity contribution >= 4 is 27.9 Å². The lowest BCUT2D eigenvalue weighted by Crippen LogP contribution is -2.12. The van der Waals surface area contributed by atoms with Crippen LogP contribution in [-0.2, 0) is 6.54 Å². The summed E-state index contributed by atoms with van der Waals surface area (Å²) in [6.07, 6.45) is 4.94. The minimum absolute atomic E-state index is 0.0464. The lowest BCUT2D eigenvalue weighted by Gasteiger charge is -2.02. The van der Waals surface area contributed by atoms with Crippen molar-refractivity contribution in [3.8, 4) is 0 Å². The minimum Gasteiger partial charge on any atom is -0.361 e. The third kappa shape index (κ3) is 2.12. The van der Waals surface area contributed by atoms with Gasteiger partial charge in [-0.2, -0.15) is 9.38 Å². The van der Waals surface area contributed by atoms with Crippen LogP contribution in [0, 0.1) is 10.1 Å². The van der Waals surface area contributed by atoms with Gasteiger partial charge in [0.15, 0.2) is 0 Å². The molecule has 0 saturated heterocycles. The topological polar surface area (TPSA) is 103 Å². The van der Waals surface area contributed by atoms with Crippen LogP contribution in [0.1, 0.15) is 0 Å². The summed E-state index contributed by atoms with van der Waals surface area (Å²) >= 11 is 1.35. The Morgan fingerprint density at radius 2 is 2.37 bits per heavy atom. The zero-order chi connectivity index (χ0) is 13.2. The molecule has 0 radical (unpaired) electrons. The van der Waals surface area contributed by atoms with Crippen molar-refractivity contribution in [2.24, 2.45) is 0 Å². The highest BCUT2D eigenvalue weighted by Gasteiger charge is 2.22. The van der Waals surface area contributed by atoms with Gasteiger partial charge >= 0.3 is 5.82 Å². The SMILES string of the molecule is O=[N+]([O-])c1c(NCCn2ccnn2)nc2sccn12. The maximum atomic E-state index is 11.1. The van der Waals surface area contributed by atoms with E-state index >= 15 is 0 Å². The molecule has 3 rings (SSSR count). The number of nitrogens with one attached hydrogen (secondary N) is 1. The third-order valence-corrected chi connectivity index (χ3v) is 3.27. The summed E-state index contributed by atoms with van der Waals surface area (Å²) in [7, 11) is 0. The number of imidazole rings is 1. The molecule has 0 bridgehead atoms. The number of rotatable bonds is 5. The van der Waals surface area contributed by atoms with E-state index in [2.05, 4.69) is 20.6 Å². The summed E-state index contributed by atoms with van der Waals surface area (Å²) in [5.41, 5.74) is 0. The Morgan fingerprint density at radius 3 is 3.11 bits per heavy atom. The number of anilines is 1. The average Bonchev–Trinajstić information content (AvgIpc) is 3.02. The molecule has 3 aromatic heterocycles. The standard InChI is InChI=1S/C9H9N7O2S/c17-16(18)8-7(12-9-15(8)5-6-19-9)10-1-3-14-4-2-11-13-14/h2,4-6,10H,1,3H2. The monoisotopic (exact) mass is 279 g/mol. The van der Waals surface area contributed by atoms with Gasteiger partial charge in [-0.15, -0.1) is 5.10 Å². The molecule has 10 heteroatoms. The second kappa shape index (κ2) is 4.65. The number of aromatic nitrogens is 5. The van der Waals surface area contributed by atoms with Gasteiger partial charge in [0, 0.05) is 18.1 Å². The molecule has 0 aliphatic rings. The Balaban J connectivity index is 1.78. The van der Waals surface area contributed by atoms with Gasteiger partial charge in [0.25, 0.3) is 4.96 Å². The van der Waals surface area contributed by atoms with E-state index in [-0.39, 0.29) is 11.6 Å². The predicted octanol–water partition coefficient (Wildman–Crippen LogP) is 1.01. The molecule has 0 aliphatic heterocycles. The first-order valence-electron chi connectivity index (χ1n) is 5.43. The van der Waals surface area contributed by atoms with Crippen molar-refractivity contribution < 1.29 is 4.92 Å². The molecule has 98 valence electrons. The Morgan fingerprint density at radius 1 is 1.47 bits per heavy atom. The molecular formula is C9H9N7O2S. The maximum Gasteiger partial charge on any atom is 0.372 e. The summed E-state index contributed by atoms with van der Waals surface area (Å²) in [5, 5.41) is 23.3. The number of fused-ring (bicyclic) bond motifs is 1. The molecule has 0 aliphatic carbocycles. The highest BCUT2D eigenvalue weighted by atomic mass is 32.1. The summed E-state index contributed by atoms with van der Waals surface area (Å²) < 4.78 is 3.10. The molecule has 3 heterocycles. The average molecular weight is 279 g/mol. The van der Waals surface area contributed by atoms with Crippen LogP contribution < -0.4 is 5.32 Å². The number of nitrogens with zero attached hydrogens (tertiary/aromatic N) is 6. The van der Waals surface area contributed by atoms with E-state index in [0.29, 0.717) is 18.1 Å². The molecule has 0 aromatic carbocycles. The molecule has 19 heavy (non-hydrogen) atoms. The van der Waals surface area contributed by atoms with Crippen molar-refractivity contribution in [2.45, 2.75) is 6.54 Å². The molecule has 1 N–H and O–H groups in total. The van der Waals surface area contributed by atoms with E-state index in [1.54, 1.807) is 28.7 Å². The van der Waals surface area contributed by atoms with E-state index in [0.717, 1.165) is 0 Å². The summed E-state index contributed by atoms with van der Waals surface area (Å²) in [5.74, 6) is 0.229. The molecule has 0 atom stereocenters. The molecule has 0 amide bonds. The van der Waals surface area contributed by atoms with Crippen LogP contribution in [0.3, 0.4) is 0 Å². The fourth-order valence-electron chi connectivity index (χ4n) is 1.71. The zero-order valence-corrected chi connectivity index (χ0v) is 10.4. The number of nitro groups is 1. The smallest absolute Gasteiger partial charge is 0.361 e. The van der Waals surface area contributed by atoms with Crippen LogP contribution in [0.4, 0.5) is 11.6 Å². The van der Waals surface area contributed by atoms with Gasteiger partial charge in [0.2, 0.25) is 5.82 Å². The van der Waals surface area contributed by atoms with Crippen LogP contribution >= 0.6 is 11.3 Å². The van der Waals surface area contributed by atoms with Gasteiger partial charge in [-0.3, -0.25) is 4.68 Å². The number of hydrogen-bond acceptors (Lipinski definition) is 7. The molecule has 0 unspecified atom stereocenters. The fourth-order valence-corrected chi connectivity index (χ4v) is 2.42. The summed E-state index contributed by atoms with van der Waals surface area (Å²) in [6.45, 7) is 1.04. The molecule has 0 fully saturated rings. The highest BCUT2D eigenvalue weighted by molar-refractivity contribution is 7.15. The van der Waals surface area contributed by atoms with Crippen molar-refractivity contribution in [1.29, 1.82) is 0 Å². The lowest BCUT2D eigenvalue weighted by atomic mass is 10.5. The summed E-state index contributed by atoms with van der Waals surface area (Å²) in [6, 6.07) is 0. The highest BCUT2D eigenvalue weighted by Crippen LogP contribution is 2.27. The minimum atomic E-state index is -0.440. The quantitative estimate of drug-likeness (QED) is 0.552.